The zero-order chi connectivity index (χ0) is 16.2. The van der Waals surface area contributed by atoms with Gasteiger partial charge in [0.15, 0.2) is 0 Å². The topological polar surface area (TPSA) is 41.6 Å². The number of nitrogens with zero attached hydrogens (tertiary/aromatic N) is 1. The lowest BCUT2D eigenvalue weighted by atomic mass is 10.2. The number of nitrogens with one attached hydrogen (secondary N) is 1. The zero-order valence-corrected chi connectivity index (χ0v) is 13.5. The van der Waals surface area contributed by atoms with Crippen LogP contribution in [0.25, 0.3) is 0 Å². The number of fused-ring (bicyclic) bond motifs is 1. The third-order valence-corrected chi connectivity index (χ3v) is 4.67. The summed E-state index contributed by atoms with van der Waals surface area (Å²) in [6, 6.07) is 12.1. The molecule has 0 aliphatic carbocycles. The van der Waals surface area contributed by atoms with E-state index in [0.717, 1.165) is 16.3 Å². The van der Waals surface area contributed by atoms with Gasteiger partial charge in [0.25, 0.3) is 0 Å². The van der Waals surface area contributed by atoms with Crippen LogP contribution >= 0.6 is 11.8 Å². The molecule has 0 aromatic heterocycles. The molecule has 120 valence electrons. The van der Waals surface area contributed by atoms with E-state index in [4.69, 9.17) is 4.74 Å². The molecule has 23 heavy (non-hydrogen) atoms. The van der Waals surface area contributed by atoms with Crippen molar-refractivity contribution in [2.75, 3.05) is 36.2 Å². The van der Waals surface area contributed by atoms with Gasteiger partial charge in [0, 0.05) is 23.3 Å². The Morgan fingerprint density at radius 1 is 1.35 bits per heavy atom. The Morgan fingerprint density at radius 2 is 2.17 bits per heavy atom. The fraction of sp³-hybridized carbons (Fsp3) is 0.235. The summed E-state index contributed by atoms with van der Waals surface area (Å²) in [6.45, 7) is 0.809. The van der Waals surface area contributed by atoms with Gasteiger partial charge in [-0.1, -0.05) is 12.1 Å². The van der Waals surface area contributed by atoms with E-state index in [-0.39, 0.29) is 18.3 Å². The predicted molar refractivity (Wildman–Crippen MR) is 91.0 cm³/mol. The molecular formula is C17H17FN2O2S. The van der Waals surface area contributed by atoms with Gasteiger partial charge in [0.05, 0.1) is 25.0 Å². The highest BCUT2D eigenvalue weighted by molar-refractivity contribution is 7.99. The standard InChI is InChI=1S/C17H17FN2O2S/c1-22-15-10-12(18)6-7-13(15)19-11-17(21)20-8-9-23-16-5-3-2-4-14(16)20/h2-7,10,19H,8-9,11H2,1H3. The molecule has 1 aliphatic heterocycles. The summed E-state index contributed by atoms with van der Waals surface area (Å²) in [7, 11) is 1.47. The van der Waals surface area contributed by atoms with E-state index in [2.05, 4.69) is 5.32 Å². The number of methoxy groups -OCH3 is 1. The van der Waals surface area contributed by atoms with Crippen LogP contribution in [0.5, 0.6) is 5.75 Å². The first-order valence-electron chi connectivity index (χ1n) is 7.28. The summed E-state index contributed by atoms with van der Waals surface area (Å²) in [4.78, 5) is 15.4. The third-order valence-electron chi connectivity index (χ3n) is 3.62. The Morgan fingerprint density at radius 3 is 3.00 bits per heavy atom. The molecule has 0 bridgehead atoms. The summed E-state index contributed by atoms with van der Waals surface area (Å²) < 4.78 is 18.3. The number of ether oxygens (including phenoxy) is 1. The number of halogens is 1. The molecule has 0 atom stereocenters. The first-order chi connectivity index (χ1) is 11.2. The number of rotatable bonds is 4. The van der Waals surface area contributed by atoms with Gasteiger partial charge in [-0.15, -0.1) is 11.8 Å². The molecule has 0 unspecified atom stereocenters. The average Bonchev–Trinajstić information content (AvgIpc) is 2.59. The van der Waals surface area contributed by atoms with Crippen LogP contribution in [0.2, 0.25) is 0 Å². The lowest BCUT2D eigenvalue weighted by Crippen LogP contribution is -2.39. The van der Waals surface area contributed by atoms with Gasteiger partial charge >= 0.3 is 0 Å². The van der Waals surface area contributed by atoms with E-state index >= 15 is 0 Å². The fourth-order valence-corrected chi connectivity index (χ4v) is 3.50. The zero-order valence-electron chi connectivity index (χ0n) is 12.7. The Balaban J connectivity index is 1.71. The van der Waals surface area contributed by atoms with Crippen molar-refractivity contribution in [3.8, 4) is 5.75 Å². The van der Waals surface area contributed by atoms with Crippen molar-refractivity contribution in [2.45, 2.75) is 4.90 Å². The first kappa shape index (κ1) is 15.7. The number of para-hydroxylation sites is 1. The molecule has 3 rings (SSSR count). The molecule has 2 aromatic rings. The minimum Gasteiger partial charge on any atom is -0.494 e. The molecule has 1 N–H and O–H groups in total. The minimum absolute atomic E-state index is 0.0240. The van der Waals surface area contributed by atoms with Crippen molar-refractivity contribution in [2.24, 2.45) is 0 Å². The van der Waals surface area contributed by atoms with Crippen molar-refractivity contribution in [3.63, 3.8) is 0 Å². The minimum atomic E-state index is -0.374. The van der Waals surface area contributed by atoms with Crippen molar-refractivity contribution < 1.29 is 13.9 Å². The van der Waals surface area contributed by atoms with Crippen LogP contribution in [0, 0.1) is 5.82 Å². The molecule has 1 aliphatic rings. The Kier molecular flexibility index (Phi) is 4.71. The first-order valence-corrected chi connectivity index (χ1v) is 8.27. The van der Waals surface area contributed by atoms with Crippen molar-refractivity contribution in [3.05, 3.63) is 48.3 Å². The third kappa shape index (κ3) is 3.42. The number of thioether (sulfide) groups is 1. The van der Waals surface area contributed by atoms with E-state index in [1.165, 1.54) is 19.2 Å². The lowest BCUT2D eigenvalue weighted by molar-refractivity contribution is -0.117. The van der Waals surface area contributed by atoms with Crippen LogP contribution in [-0.4, -0.2) is 31.9 Å². The van der Waals surface area contributed by atoms with Gasteiger partial charge in [0.1, 0.15) is 11.6 Å². The average molecular weight is 332 g/mol. The van der Waals surface area contributed by atoms with Gasteiger partial charge in [-0.2, -0.15) is 0 Å². The van der Waals surface area contributed by atoms with Crippen LogP contribution < -0.4 is 15.0 Å². The van der Waals surface area contributed by atoms with E-state index in [1.807, 2.05) is 24.3 Å². The molecule has 0 fully saturated rings. The maximum Gasteiger partial charge on any atom is 0.246 e. The van der Waals surface area contributed by atoms with Crippen LogP contribution in [0.15, 0.2) is 47.4 Å². The molecule has 1 heterocycles. The number of benzene rings is 2. The second-order valence-corrected chi connectivity index (χ2v) is 6.20. The smallest absolute Gasteiger partial charge is 0.246 e. The van der Waals surface area contributed by atoms with Crippen LogP contribution in [0.3, 0.4) is 0 Å². The number of carbonyl (C=O) groups is 1. The molecular weight excluding hydrogens is 315 g/mol. The van der Waals surface area contributed by atoms with Crippen molar-refractivity contribution in [1.82, 2.24) is 0 Å². The summed E-state index contributed by atoms with van der Waals surface area (Å²) >= 11 is 1.76. The highest BCUT2D eigenvalue weighted by Crippen LogP contribution is 2.34. The van der Waals surface area contributed by atoms with Crippen LogP contribution in [-0.2, 0) is 4.79 Å². The van der Waals surface area contributed by atoms with E-state index in [0.29, 0.717) is 18.0 Å². The van der Waals surface area contributed by atoms with E-state index < -0.39 is 0 Å². The maximum absolute atomic E-state index is 13.2. The number of hydrogen-bond donors (Lipinski definition) is 1. The number of anilines is 2. The fourth-order valence-electron chi connectivity index (χ4n) is 2.51. The number of hydrogen-bond acceptors (Lipinski definition) is 4. The molecule has 1 amide bonds. The van der Waals surface area contributed by atoms with Gasteiger partial charge in [0.2, 0.25) is 5.91 Å². The van der Waals surface area contributed by atoms with Crippen LogP contribution in [0.4, 0.5) is 15.8 Å². The highest BCUT2D eigenvalue weighted by atomic mass is 32.2. The largest absolute Gasteiger partial charge is 0.494 e. The van der Waals surface area contributed by atoms with E-state index in [9.17, 15) is 9.18 Å². The van der Waals surface area contributed by atoms with Crippen molar-refractivity contribution in [1.29, 1.82) is 0 Å². The summed E-state index contributed by atoms with van der Waals surface area (Å²) in [5, 5.41) is 3.03. The second-order valence-electron chi connectivity index (χ2n) is 5.06. The monoisotopic (exact) mass is 332 g/mol. The summed E-state index contributed by atoms with van der Waals surface area (Å²) in [5.74, 6) is 0.861. The number of carbonyl (C=O) groups excluding carboxylic acids is 1. The number of amides is 1. The Bertz CT molecular complexity index is 723. The molecule has 0 spiro atoms. The molecule has 0 saturated carbocycles. The highest BCUT2D eigenvalue weighted by Gasteiger charge is 2.22. The summed E-state index contributed by atoms with van der Waals surface area (Å²) in [6.07, 6.45) is 0. The van der Waals surface area contributed by atoms with Gasteiger partial charge < -0.3 is 15.0 Å². The molecule has 0 saturated heterocycles. The Hall–Kier alpha value is -2.21. The van der Waals surface area contributed by atoms with Crippen LogP contribution in [0.1, 0.15) is 0 Å². The second kappa shape index (κ2) is 6.91. The Labute approximate surface area is 138 Å². The quantitative estimate of drug-likeness (QED) is 0.932. The molecule has 6 heteroatoms. The SMILES string of the molecule is COc1cc(F)ccc1NCC(=O)N1CCSc2ccccc21. The molecule has 2 aromatic carbocycles. The van der Waals surface area contributed by atoms with E-state index in [1.54, 1.807) is 22.7 Å². The van der Waals surface area contributed by atoms with Gasteiger partial charge in [-0.05, 0) is 24.3 Å². The predicted octanol–water partition coefficient (Wildman–Crippen LogP) is 3.39. The molecule has 4 nitrogen and oxygen atoms in total. The van der Waals surface area contributed by atoms with Gasteiger partial charge in [-0.3, -0.25) is 4.79 Å². The van der Waals surface area contributed by atoms with Crippen molar-refractivity contribution >= 4 is 29.0 Å². The lowest BCUT2D eigenvalue weighted by Gasteiger charge is -2.29. The normalized spacial score (nSPS) is 13.4. The maximum atomic E-state index is 13.2. The summed E-state index contributed by atoms with van der Waals surface area (Å²) in [5.41, 5.74) is 1.54. The molecule has 0 radical (unpaired) electrons. The van der Waals surface area contributed by atoms with Gasteiger partial charge in [-0.25, -0.2) is 4.39 Å².